The third-order valence-corrected chi connectivity index (χ3v) is 4.67. The molecule has 0 aliphatic carbocycles. The zero-order chi connectivity index (χ0) is 24.7. The molecular formula is C25H23F3N2O4. The maximum absolute atomic E-state index is 12.3. The van der Waals surface area contributed by atoms with Crippen molar-refractivity contribution in [2.75, 3.05) is 18.5 Å². The Morgan fingerprint density at radius 1 is 0.853 bits per heavy atom. The molecule has 0 saturated carbocycles. The zero-order valence-electron chi connectivity index (χ0n) is 18.5. The van der Waals surface area contributed by atoms with Gasteiger partial charge >= 0.3 is 6.18 Å². The van der Waals surface area contributed by atoms with E-state index >= 15 is 0 Å². The van der Waals surface area contributed by atoms with Crippen molar-refractivity contribution in [2.45, 2.75) is 20.0 Å². The number of alkyl halides is 3. The Kier molecular flexibility index (Phi) is 7.78. The molecule has 0 atom stereocenters. The van der Waals surface area contributed by atoms with Crippen LogP contribution in [0, 0.1) is 13.8 Å². The SMILES string of the molecule is Cc1ccc(Oc2ccc(OCC(=O)Nc3cc(C(=O)NCC(F)(F)F)ccc3C)cc2)cc1. The van der Waals surface area contributed by atoms with Crippen molar-refractivity contribution in [3.05, 3.63) is 83.4 Å². The van der Waals surface area contributed by atoms with Crippen LogP contribution in [-0.4, -0.2) is 31.1 Å². The highest BCUT2D eigenvalue weighted by molar-refractivity contribution is 5.98. The number of amides is 2. The Morgan fingerprint density at radius 3 is 2.06 bits per heavy atom. The van der Waals surface area contributed by atoms with Gasteiger partial charge in [-0.3, -0.25) is 9.59 Å². The predicted molar refractivity (Wildman–Crippen MR) is 121 cm³/mol. The minimum absolute atomic E-state index is 0.00441. The third kappa shape index (κ3) is 7.54. The molecule has 34 heavy (non-hydrogen) atoms. The Morgan fingerprint density at radius 2 is 1.44 bits per heavy atom. The van der Waals surface area contributed by atoms with E-state index in [0.717, 1.165) is 5.56 Å². The molecule has 3 aromatic rings. The summed E-state index contributed by atoms with van der Waals surface area (Å²) in [5.74, 6) is 0.372. The van der Waals surface area contributed by atoms with Crippen LogP contribution in [0.2, 0.25) is 0 Å². The number of rotatable bonds is 8. The average Bonchev–Trinajstić information content (AvgIpc) is 2.79. The van der Waals surface area contributed by atoms with Crippen molar-refractivity contribution in [3.8, 4) is 17.2 Å². The first-order valence-electron chi connectivity index (χ1n) is 10.3. The van der Waals surface area contributed by atoms with Gasteiger partial charge in [-0.15, -0.1) is 0 Å². The lowest BCUT2D eigenvalue weighted by Gasteiger charge is -2.13. The molecule has 0 bridgehead atoms. The minimum atomic E-state index is -4.51. The first kappa shape index (κ1) is 24.6. The summed E-state index contributed by atoms with van der Waals surface area (Å²) >= 11 is 0. The number of ether oxygens (including phenoxy) is 2. The molecule has 0 radical (unpaired) electrons. The molecule has 0 spiro atoms. The van der Waals surface area contributed by atoms with Gasteiger partial charge in [-0.1, -0.05) is 23.8 Å². The van der Waals surface area contributed by atoms with Crippen LogP contribution in [0.15, 0.2) is 66.7 Å². The van der Waals surface area contributed by atoms with Gasteiger partial charge < -0.3 is 20.1 Å². The fourth-order valence-electron chi connectivity index (χ4n) is 2.86. The Balaban J connectivity index is 1.53. The van der Waals surface area contributed by atoms with Crippen LogP contribution in [-0.2, 0) is 4.79 Å². The molecule has 9 heteroatoms. The van der Waals surface area contributed by atoms with E-state index in [1.165, 1.54) is 18.2 Å². The number of carbonyl (C=O) groups excluding carboxylic acids is 2. The molecule has 0 aliphatic heterocycles. The highest BCUT2D eigenvalue weighted by Crippen LogP contribution is 2.24. The molecule has 0 aliphatic rings. The summed E-state index contributed by atoms with van der Waals surface area (Å²) in [5.41, 5.74) is 2.06. The monoisotopic (exact) mass is 472 g/mol. The second kappa shape index (κ2) is 10.7. The van der Waals surface area contributed by atoms with Crippen molar-refractivity contribution < 1.29 is 32.2 Å². The molecule has 178 valence electrons. The van der Waals surface area contributed by atoms with Gasteiger partial charge in [0, 0.05) is 11.3 Å². The summed E-state index contributed by atoms with van der Waals surface area (Å²) in [6.07, 6.45) is -4.51. The van der Waals surface area contributed by atoms with Crippen LogP contribution in [0.25, 0.3) is 0 Å². The maximum atomic E-state index is 12.3. The lowest BCUT2D eigenvalue weighted by atomic mass is 10.1. The van der Waals surface area contributed by atoms with Crippen LogP contribution >= 0.6 is 0 Å². The number of hydrogen-bond donors (Lipinski definition) is 2. The second-order valence-corrected chi connectivity index (χ2v) is 7.55. The molecular weight excluding hydrogens is 449 g/mol. The third-order valence-electron chi connectivity index (χ3n) is 4.67. The standard InChI is InChI=1S/C25H23F3N2O4/c1-16-3-7-20(8-4-16)34-21-11-9-19(10-12-21)33-14-23(31)30-22-13-18(6-5-17(22)2)24(32)29-15-25(26,27)28/h3-13H,14-15H2,1-2H3,(H,29,32)(H,30,31). The molecule has 0 saturated heterocycles. The summed E-state index contributed by atoms with van der Waals surface area (Å²) < 4.78 is 48.2. The van der Waals surface area contributed by atoms with Gasteiger partial charge in [0.05, 0.1) is 0 Å². The van der Waals surface area contributed by atoms with E-state index in [0.29, 0.717) is 28.5 Å². The van der Waals surface area contributed by atoms with Crippen LogP contribution in [0.3, 0.4) is 0 Å². The van der Waals surface area contributed by atoms with Crippen molar-refractivity contribution in [2.24, 2.45) is 0 Å². The van der Waals surface area contributed by atoms with E-state index in [1.54, 1.807) is 36.5 Å². The Labute approximate surface area is 194 Å². The molecule has 3 rings (SSSR count). The number of halogens is 3. The summed E-state index contributed by atoms with van der Waals surface area (Å²) in [6, 6.07) is 18.6. The lowest BCUT2D eigenvalue weighted by molar-refractivity contribution is -0.123. The van der Waals surface area contributed by atoms with E-state index in [4.69, 9.17) is 9.47 Å². The molecule has 2 N–H and O–H groups in total. The van der Waals surface area contributed by atoms with Crippen LogP contribution in [0.5, 0.6) is 17.2 Å². The van der Waals surface area contributed by atoms with E-state index < -0.39 is 24.5 Å². The summed E-state index contributed by atoms with van der Waals surface area (Å²) in [4.78, 5) is 24.3. The van der Waals surface area contributed by atoms with Gasteiger partial charge in [0.15, 0.2) is 6.61 Å². The highest BCUT2D eigenvalue weighted by Gasteiger charge is 2.28. The fourth-order valence-corrected chi connectivity index (χ4v) is 2.86. The van der Waals surface area contributed by atoms with Crippen LogP contribution < -0.4 is 20.1 Å². The second-order valence-electron chi connectivity index (χ2n) is 7.55. The first-order valence-corrected chi connectivity index (χ1v) is 10.3. The van der Waals surface area contributed by atoms with Gasteiger partial charge in [0.25, 0.3) is 11.8 Å². The number of anilines is 1. The quantitative estimate of drug-likeness (QED) is 0.460. The van der Waals surface area contributed by atoms with Gasteiger partial charge in [-0.05, 0) is 67.9 Å². The predicted octanol–water partition coefficient (Wildman–Crippen LogP) is 5.41. The molecule has 0 heterocycles. The van der Waals surface area contributed by atoms with Crippen LogP contribution in [0.1, 0.15) is 21.5 Å². The van der Waals surface area contributed by atoms with Crippen molar-refractivity contribution in [1.29, 1.82) is 0 Å². The largest absolute Gasteiger partial charge is 0.484 e. The smallest absolute Gasteiger partial charge is 0.405 e. The van der Waals surface area contributed by atoms with Gasteiger partial charge in [-0.2, -0.15) is 13.2 Å². The lowest BCUT2D eigenvalue weighted by Crippen LogP contribution is -2.33. The minimum Gasteiger partial charge on any atom is -0.484 e. The number of benzene rings is 3. The fraction of sp³-hybridized carbons (Fsp3) is 0.200. The highest BCUT2D eigenvalue weighted by atomic mass is 19.4. The molecule has 0 fully saturated rings. The molecule has 3 aromatic carbocycles. The number of aryl methyl sites for hydroxylation is 2. The van der Waals surface area contributed by atoms with Gasteiger partial charge in [0.2, 0.25) is 0 Å². The van der Waals surface area contributed by atoms with Gasteiger partial charge in [-0.25, -0.2) is 0 Å². The zero-order valence-corrected chi connectivity index (χ0v) is 18.5. The van der Waals surface area contributed by atoms with Crippen LogP contribution in [0.4, 0.5) is 18.9 Å². The molecule has 6 nitrogen and oxygen atoms in total. The van der Waals surface area contributed by atoms with E-state index in [1.807, 2.05) is 31.2 Å². The number of hydrogen-bond acceptors (Lipinski definition) is 4. The van der Waals surface area contributed by atoms with E-state index in [2.05, 4.69) is 5.32 Å². The first-order chi connectivity index (χ1) is 16.1. The number of carbonyl (C=O) groups is 2. The topological polar surface area (TPSA) is 76.7 Å². The van der Waals surface area contributed by atoms with E-state index in [-0.39, 0.29) is 12.2 Å². The molecule has 0 unspecified atom stereocenters. The summed E-state index contributed by atoms with van der Waals surface area (Å²) in [7, 11) is 0. The normalized spacial score (nSPS) is 11.0. The Hall–Kier alpha value is -4.01. The van der Waals surface area contributed by atoms with Crippen molar-refractivity contribution in [1.82, 2.24) is 5.32 Å². The molecule has 2 amide bonds. The Bertz CT molecular complexity index is 1140. The van der Waals surface area contributed by atoms with E-state index in [9.17, 15) is 22.8 Å². The number of nitrogens with one attached hydrogen (secondary N) is 2. The summed E-state index contributed by atoms with van der Waals surface area (Å²) in [6.45, 7) is 1.94. The summed E-state index contributed by atoms with van der Waals surface area (Å²) in [5, 5.41) is 4.40. The van der Waals surface area contributed by atoms with Crippen molar-refractivity contribution in [3.63, 3.8) is 0 Å². The van der Waals surface area contributed by atoms with Gasteiger partial charge in [0.1, 0.15) is 23.8 Å². The maximum Gasteiger partial charge on any atom is 0.405 e. The average molecular weight is 472 g/mol. The van der Waals surface area contributed by atoms with Crippen molar-refractivity contribution >= 4 is 17.5 Å². The molecule has 0 aromatic heterocycles.